The van der Waals surface area contributed by atoms with Crippen LogP contribution in [0.1, 0.15) is 96.8 Å². The van der Waals surface area contributed by atoms with Gasteiger partial charge in [0.1, 0.15) is 0 Å². The summed E-state index contributed by atoms with van der Waals surface area (Å²) in [4.78, 5) is 11.7. The van der Waals surface area contributed by atoms with E-state index in [1.807, 2.05) is 0 Å². The second-order valence-electron chi connectivity index (χ2n) is 13.9. The number of rotatable bonds is 27. The van der Waals surface area contributed by atoms with Crippen molar-refractivity contribution in [2.75, 3.05) is 33.7 Å². The molecule has 55 heavy (non-hydrogen) atoms. The van der Waals surface area contributed by atoms with Gasteiger partial charge in [-0.3, -0.25) is 4.79 Å². The second-order valence-corrected chi connectivity index (χ2v) is 13.9. The van der Waals surface area contributed by atoms with Gasteiger partial charge in [-0.2, -0.15) is 92.2 Å². The van der Waals surface area contributed by atoms with Crippen LogP contribution in [0.2, 0.25) is 0 Å². The summed E-state index contributed by atoms with van der Waals surface area (Å²) in [5.41, 5.74) is 0. The summed E-state index contributed by atoms with van der Waals surface area (Å²) in [6.45, 7) is 0.768. The van der Waals surface area contributed by atoms with Gasteiger partial charge in [0.25, 0.3) is 5.91 Å². The van der Waals surface area contributed by atoms with Crippen LogP contribution in [0.5, 0.6) is 0 Å². The van der Waals surface area contributed by atoms with E-state index in [0.717, 1.165) is 56.7 Å². The minimum absolute atomic E-state index is 0.178. The zero-order chi connectivity index (χ0) is 43.8. The van der Waals surface area contributed by atoms with Crippen molar-refractivity contribution in [3.63, 3.8) is 0 Å². The van der Waals surface area contributed by atoms with Gasteiger partial charge in [0.15, 0.2) is 0 Å². The van der Waals surface area contributed by atoms with Crippen molar-refractivity contribution in [2.45, 2.75) is 156 Å². The Labute approximate surface area is 303 Å². The summed E-state index contributed by atoms with van der Waals surface area (Å²) in [6, 6.07) is 0. The minimum atomic E-state index is -9.25. The molecule has 0 radical (unpaired) electrons. The van der Waals surface area contributed by atoms with Gasteiger partial charge in [0.2, 0.25) is 0 Å². The first-order valence-corrected chi connectivity index (χ1v) is 17.0. The monoisotopic (exact) mass is 859 g/mol. The molecule has 3 nitrogen and oxygen atoms in total. The lowest BCUT2D eigenvalue weighted by Crippen LogP contribution is -2.77. The third-order valence-electron chi connectivity index (χ3n) is 8.92. The predicted molar refractivity (Wildman–Crippen MR) is 156 cm³/mol. The Bertz CT molecular complexity index is 1190. The maximum absolute atomic E-state index is 14.2. The van der Waals surface area contributed by atoms with Crippen LogP contribution in [-0.2, 0) is 4.79 Å². The quantitative estimate of drug-likeness (QED) is 0.0498. The van der Waals surface area contributed by atoms with Crippen molar-refractivity contribution in [1.82, 2.24) is 5.32 Å². The van der Waals surface area contributed by atoms with Crippen molar-refractivity contribution in [2.24, 2.45) is 0 Å². The van der Waals surface area contributed by atoms with Gasteiger partial charge in [-0.15, -0.1) is 0 Å². The highest BCUT2D eigenvalue weighted by Crippen LogP contribution is 2.66. The summed E-state index contributed by atoms with van der Waals surface area (Å²) < 4.78 is 285. The van der Waals surface area contributed by atoms with Crippen molar-refractivity contribution < 1.29 is 101 Å². The van der Waals surface area contributed by atoms with Crippen LogP contribution >= 0.6 is 0 Å². The molecule has 0 heterocycles. The number of amides is 1. The molecule has 330 valence electrons. The maximum atomic E-state index is 14.2. The number of halogens is 21. The molecule has 0 aliphatic heterocycles. The molecule has 0 aliphatic carbocycles. The first-order chi connectivity index (χ1) is 24.4. The summed E-state index contributed by atoms with van der Waals surface area (Å²) in [6.07, 6.45) is 6.12. The molecule has 0 aromatic rings. The van der Waals surface area contributed by atoms with E-state index in [4.69, 9.17) is 0 Å². The van der Waals surface area contributed by atoms with E-state index in [2.05, 4.69) is 6.92 Å². The van der Waals surface area contributed by atoms with Crippen LogP contribution < -0.4 is 5.32 Å². The molecule has 0 fully saturated rings. The average molecular weight is 860 g/mol. The van der Waals surface area contributed by atoms with E-state index in [-0.39, 0.29) is 11.0 Å². The number of carbonyl (C=O) groups is 1. The van der Waals surface area contributed by atoms with Gasteiger partial charge in [-0.1, -0.05) is 84.0 Å². The third-order valence-corrected chi connectivity index (χ3v) is 8.92. The van der Waals surface area contributed by atoms with E-state index in [0.29, 0.717) is 12.8 Å². The summed E-state index contributed by atoms with van der Waals surface area (Å²) in [7, 11) is 2.81. The van der Waals surface area contributed by atoms with E-state index in [1.54, 1.807) is 0 Å². The smallest absolute Gasteiger partial charge is 0.345 e. The molecular formula is C31H44F21N2O+. The lowest BCUT2D eigenvalue weighted by atomic mass is 9.86. The molecule has 24 heteroatoms. The van der Waals surface area contributed by atoms with E-state index in [9.17, 15) is 97.0 Å². The van der Waals surface area contributed by atoms with Crippen LogP contribution in [0.4, 0.5) is 92.2 Å². The third kappa shape index (κ3) is 10.9. The number of unbranched alkanes of at least 4 members (excludes halogenated alkanes) is 13. The molecule has 0 aromatic carbocycles. The van der Waals surface area contributed by atoms with Crippen LogP contribution in [0, 0.1) is 0 Å². The van der Waals surface area contributed by atoms with E-state index in [1.165, 1.54) is 39.8 Å². The fraction of sp³-hybridized carbons (Fsp3) is 0.968. The molecular weight excluding hydrogens is 815 g/mol. The largest absolute Gasteiger partial charge is 0.460 e. The van der Waals surface area contributed by atoms with Gasteiger partial charge in [0, 0.05) is 0 Å². The molecule has 0 atom stereocenters. The second kappa shape index (κ2) is 18.7. The maximum Gasteiger partial charge on any atom is 0.460 e. The van der Waals surface area contributed by atoms with Crippen LogP contribution in [0.15, 0.2) is 0 Å². The number of likely N-dealkylation sites (N-methyl/N-ethyl adjacent to an activating group) is 1. The molecule has 0 saturated carbocycles. The minimum Gasteiger partial charge on any atom is -0.345 e. The fourth-order valence-electron chi connectivity index (χ4n) is 5.13. The molecule has 0 rings (SSSR count). The molecule has 0 unspecified atom stereocenters. The summed E-state index contributed by atoms with van der Waals surface area (Å²) in [5, 5.41) is 0.897. The number of alkyl halides is 21. The number of carbonyl (C=O) groups excluding carboxylic acids is 1. The van der Waals surface area contributed by atoms with E-state index >= 15 is 0 Å². The van der Waals surface area contributed by atoms with E-state index < -0.39 is 78.5 Å². The van der Waals surface area contributed by atoms with Crippen LogP contribution in [0.25, 0.3) is 0 Å². The highest BCUT2D eigenvalue weighted by molar-refractivity contribution is 5.84. The normalized spacial score (nSPS) is 15.1. The van der Waals surface area contributed by atoms with Crippen molar-refractivity contribution >= 4 is 5.91 Å². The van der Waals surface area contributed by atoms with Crippen molar-refractivity contribution in [3.05, 3.63) is 0 Å². The number of nitrogens with one attached hydrogen (secondary N) is 1. The fourth-order valence-corrected chi connectivity index (χ4v) is 5.13. The lowest BCUT2D eigenvalue weighted by Gasteiger charge is -2.44. The number of hydrogen-bond donors (Lipinski definition) is 1. The molecule has 0 aromatic heterocycles. The lowest BCUT2D eigenvalue weighted by molar-refractivity contribution is -0.889. The molecule has 0 aliphatic rings. The van der Waals surface area contributed by atoms with Gasteiger partial charge in [-0.05, 0) is 12.8 Å². The van der Waals surface area contributed by atoms with Crippen LogP contribution in [-0.4, -0.2) is 104 Å². The SMILES string of the molecule is CCCCCCCCCCCCCCCC[N+](C)(C)CCNC(=O)C(F)(F)C(F)(F)C(F)(F)C(F)(F)C(F)(F)C(F)(F)C(F)(F)C(F)(F)C(F)(F)C(F)(F)F. The number of hydrogen-bond acceptors (Lipinski definition) is 1. The Morgan fingerprint density at radius 1 is 0.400 bits per heavy atom. The van der Waals surface area contributed by atoms with Gasteiger partial charge in [0.05, 0.1) is 33.7 Å². The molecule has 1 N–H and O–H groups in total. The first-order valence-electron chi connectivity index (χ1n) is 17.0. The molecule has 0 saturated heterocycles. The number of quaternary nitrogens is 1. The zero-order valence-corrected chi connectivity index (χ0v) is 29.8. The average Bonchev–Trinajstić information content (AvgIpc) is 3.03. The predicted octanol–water partition coefficient (Wildman–Crippen LogP) is 11.9. The number of nitrogens with zero attached hydrogens (tertiary/aromatic N) is 1. The first kappa shape index (κ1) is 53.0. The van der Waals surface area contributed by atoms with Crippen molar-refractivity contribution in [1.29, 1.82) is 0 Å². The Morgan fingerprint density at radius 2 is 0.673 bits per heavy atom. The summed E-state index contributed by atoms with van der Waals surface area (Å²) >= 11 is 0. The van der Waals surface area contributed by atoms with Gasteiger partial charge >= 0.3 is 59.5 Å². The van der Waals surface area contributed by atoms with Gasteiger partial charge in [-0.25, -0.2) is 0 Å². The zero-order valence-electron chi connectivity index (χ0n) is 29.8. The highest BCUT2D eigenvalue weighted by Gasteiger charge is 2.98. The highest BCUT2D eigenvalue weighted by atomic mass is 19.4. The summed E-state index contributed by atoms with van der Waals surface area (Å²) in [5.74, 6) is -82.2. The molecule has 1 amide bonds. The Balaban J connectivity index is 5.53. The van der Waals surface area contributed by atoms with Crippen molar-refractivity contribution in [3.8, 4) is 0 Å². The standard InChI is InChI=1S/C31H43F21N2O/c1-4-5-6-7-8-9-10-11-12-13-14-15-16-17-19-54(2,3)20-18-53-21(55)22(32,33)23(34,35)24(36,37)25(38,39)26(40,41)27(42,43)28(44,45)29(46,47)30(48,49)31(50,51)52/h4-20H2,1-3H3/p+1. The Hall–Kier alpha value is -2.04. The Morgan fingerprint density at radius 3 is 0.982 bits per heavy atom. The van der Waals surface area contributed by atoms with Crippen LogP contribution in [0.3, 0.4) is 0 Å². The topological polar surface area (TPSA) is 29.1 Å². The Kier molecular flexibility index (Phi) is 18.0. The molecule has 0 bridgehead atoms. The van der Waals surface area contributed by atoms with Gasteiger partial charge < -0.3 is 9.80 Å². The molecule has 0 spiro atoms.